The molecule has 2 aromatic heterocycles. The number of amides is 2. The second kappa shape index (κ2) is 9.12. The second-order valence-electron chi connectivity index (χ2n) is 8.13. The first kappa shape index (κ1) is 20.8. The molecule has 31 heavy (non-hydrogen) atoms. The van der Waals surface area contributed by atoms with Gasteiger partial charge in [0.25, 0.3) is 5.91 Å². The number of aryl methyl sites for hydroxylation is 2. The van der Waals surface area contributed by atoms with Gasteiger partial charge in [0.05, 0.1) is 12.2 Å². The average molecular weight is 418 g/mol. The van der Waals surface area contributed by atoms with Crippen LogP contribution in [0.25, 0.3) is 0 Å². The molecule has 1 aromatic carbocycles. The minimum atomic E-state index is -0.0531. The molecule has 1 aliphatic rings. The summed E-state index contributed by atoms with van der Waals surface area (Å²) in [5.74, 6) is -0.00468. The molecular formula is C24H27N5O2. The predicted molar refractivity (Wildman–Crippen MR) is 117 cm³/mol. The molecule has 1 aliphatic heterocycles. The van der Waals surface area contributed by atoms with Crippen molar-refractivity contribution in [3.63, 3.8) is 0 Å². The molecule has 0 saturated carbocycles. The molecule has 7 nitrogen and oxygen atoms in total. The van der Waals surface area contributed by atoms with Gasteiger partial charge in [-0.1, -0.05) is 18.2 Å². The maximum Gasteiger partial charge on any atom is 0.254 e. The lowest BCUT2D eigenvalue weighted by atomic mass is 10.1. The molecule has 0 unspecified atom stereocenters. The van der Waals surface area contributed by atoms with E-state index in [1.165, 1.54) is 0 Å². The van der Waals surface area contributed by atoms with Gasteiger partial charge in [0.1, 0.15) is 0 Å². The van der Waals surface area contributed by atoms with Crippen LogP contribution < -0.4 is 5.32 Å². The fraction of sp³-hybridized carbons (Fsp3) is 0.333. The standard InChI is InChI=1S/C24H27N5O2/c1-17-12-18(2)29(27-17)15-19-5-7-21(8-6-19)24(31)28(14-20-4-3-11-25-13-20)16-22-9-10-23(30)26-22/h3-8,11-13,22H,9-10,14-16H2,1-2H3,(H,26,30)/t22-/m0/s1. The summed E-state index contributed by atoms with van der Waals surface area (Å²) in [6.07, 6.45) is 4.75. The number of pyridine rings is 1. The summed E-state index contributed by atoms with van der Waals surface area (Å²) >= 11 is 0. The van der Waals surface area contributed by atoms with Crippen molar-refractivity contribution < 1.29 is 9.59 Å². The number of nitrogens with zero attached hydrogens (tertiary/aromatic N) is 4. The first-order valence-electron chi connectivity index (χ1n) is 10.6. The van der Waals surface area contributed by atoms with E-state index in [2.05, 4.69) is 21.5 Å². The molecule has 1 fully saturated rings. The third-order valence-electron chi connectivity index (χ3n) is 5.55. The zero-order valence-electron chi connectivity index (χ0n) is 17.9. The van der Waals surface area contributed by atoms with Crippen LogP contribution in [0.1, 0.15) is 45.7 Å². The van der Waals surface area contributed by atoms with Gasteiger partial charge in [0, 0.05) is 49.2 Å². The van der Waals surface area contributed by atoms with E-state index in [9.17, 15) is 9.59 Å². The van der Waals surface area contributed by atoms with Crippen molar-refractivity contribution in [2.45, 2.75) is 45.8 Å². The van der Waals surface area contributed by atoms with Crippen molar-refractivity contribution in [2.75, 3.05) is 6.54 Å². The minimum absolute atomic E-state index is 0.0153. The number of hydrogen-bond acceptors (Lipinski definition) is 4. The predicted octanol–water partition coefficient (Wildman–Crippen LogP) is 2.86. The molecule has 0 aliphatic carbocycles. The topological polar surface area (TPSA) is 80.1 Å². The van der Waals surface area contributed by atoms with Crippen molar-refractivity contribution >= 4 is 11.8 Å². The molecule has 3 heterocycles. The van der Waals surface area contributed by atoms with Crippen molar-refractivity contribution in [3.05, 3.63) is 82.9 Å². The molecular weight excluding hydrogens is 390 g/mol. The fourth-order valence-electron chi connectivity index (χ4n) is 3.95. The van der Waals surface area contributed by atoms with Gasteiger partial charge in [-0.25, -0.2) is 0 Å². The van der Waals surface area contributed by atoms with Crippen LogP contribution in [0.15, 0.2) is 54.9 Å². The molecule has 4 rings (SSSR count). The molecule has 0 spiro atoms. The number of hydrogen-bond donors (Lipinski definition) is 1. The molecule has 0 bridgehead atoms. The van der Waals surface area contributed by atoms with E-state index in [0.717, 1.165) is 28.9 Å². The van der Waals surface area contributed by atoms with Crippen LogP contribution in [-0.2, 0) is 17.9 Å². The van der Waals surface area contributed by atoms with Gasteiger partial charge in [-0.15, -0.1) is 0 Å². The van der Waals surface area contributed by atoms with Gasteiger partial charge in [-0.2, -0.15) is 5.10 Å². The summed E-state index contributed by atoms with van der Waals surface area (Å²) in [6.45, 7) is 5.62. The minimum Gasteiger partial charge on any atom is -0.352 e. The van der Waals surface area contributed by atoms with Gasteiger partial charge >= 0.3 is 0 Å². The Bertz CT molecular complexity index is 1060. The zero-order valence-corrected chi connectivity index (χ0v) is 17.9. The molecule has 0 radical (unpaired) electrons. The monoisotopic (exact) mass is 417 g/mol. The number of benzene rings is 1. The first-order chi connectivity index (χ1) is 15.0. The Hall–Kier alpha value is -3.48. The summed E-state index contributed by atoms with van der Waals surface area (Å²) < 4.78 is 1.96. The van der Waals surface area contributed by atoms with Crippen molar-refractivity contribution in [2.24, 2.45) is 0 Å². The normalized spacial score (nSPS) is 15.7. The van der Waals surface area contributed by atoms with Crippen LogP contribution in [0, 0.1) is 13.8 Å². The van der Waals surface area contributed by atoms with E-state index < -0.39 is 0 Å². The molecule has 1 N–H and O–H groups in total. The van der Waals surface area contributed by atoms with E-state index in [4.69, 9.17) is 0 Å². The Morgan fingerprint density at radius 3 is 2.61 bits per heavy atom. The van der Waals surface area contributed by atoms with Gasteiger partial charge in [0.2, 0.25) is 5.91 Å². The highest BCUT2D eigenvalue weighted by molar-refractivity contribution is 5.94. The summed E-state index contributed by atoms with van der Waals surface area (Å²) in [6, 6.07) is 13.5. The maximum absolute atomic E-state index is 13.3. The average Bonchev–Trinajstić information content (AvgIpc) is 3.32. The largest absolute Gasteiger partial charge is 0.352 e. The summed E-state index contributed by atoms with van der Waals surface area (Å²) in [5, 5.41) is 7.46. The zero-order chi connectivity index (χ0) is 21.8. The highest BCUT2D eigenvalue weighted by atomic mass is 16.2. The molecule has 2 amide bonds. The van der Waals surface area contributed by atoms with Crippen LogP contribution in [0.5, 0.6) is 0 Å². The van der Waals surface area contributed by atoms with Crippen molar-refractivity contribution in [1.82, 2.24) is 25.0 Å². The molecule has 1 atom stereocenters. The van der Waals surface area contributed by atoms with Gasteiger partial charge in [-0.3, -0.25) is 19.3 Å². The molecule has 7 heteroatoms. The van der Waals surface area contributed by atoms with Crippen molar-refractivity contribution in [1.29, 1.82) is 0 Å². The van der Waals surface area contributed by atoms with E-state index in [0.29, 0.717) is 31.6 Å². The summed E-state index contributed by atoms with van der Waals surface area (Å²) in [5.41, 5.74) is 4.78. The Balaban J connectivity index is 1.49. The van der Waals surface area contributed by atoms with E-state index >= 15 is 0 Å². The lowest BCUT2D eigenvalue weighted by Crippen LogP contribution is -2.41. The van der Waals surface area contributed by atoms with Gasteiger partial charge in [0.15, 0.2) is 0 Å². The third kappa shape index (κ3) is 5.17. The fourth-order valence-corrected chi connectivity index (χ4v) is 3.95. The Labute approximate surface area is 182 Å². The van der Waals surface area contributed by atoms with E-state index in [1.807, 2.05) is 54.9 Å². The Morgan fingerprint density at radius 1 is 1.19 bits per heavy atom. The second-order valence-corrected chi connectivity index (χ2v) is 8.13. The highest BCUT2D eigenvalue weighted by Crippen LogP contribution is 2.16. The van der Waals surface area contributed by atoms with Crippen LogP contribution in [0.2, 0.25) is 0 Å². The molecule has 1 saturated heterocycles. The van der Waals surface area contributed by atoms with Crippen LogP contribution in [-0.4, -0.2) is 44.1 Å². The van der Waals surface area contributed by atoms with Gasteiger partial charge in [-0.05, 0) is 55.7 Å². The van der Waals surface area contributed by atoms with Crippen LogP contribution in [0.3, 0.4) is 0 Å². The lowest BCUT2D eigenvalue weighted by Gasteiger charge is -2.26. The number of rotatable bonds is 7. The number of aromatic nitrogens is 3. The highest BCUT2D eigenvalue weighted by Gasteiger charge is 2.26. The summed E-state index contributed by atoms with van der Waals surface area (Å²) in [4.78, 5) is 30.9. The quantitative estimate of drug-likeness (QED) is 0.641. The van der Waals surface area contributed by atoms with E-state index in [1.54, 1.807) is 17.3 Å². The third-order valence-corrected chi connectivity index (χ3v) is 5.55. The summed E-state index contributed by atoms with van der Waals surface area (Å²) in [7, 11) is 0. The number of nitrogens with one attached hydrogen (secondary N) is 1. The SMILES string of the molecule is Cc1cc(C)n(Cc2ccc(C(=O)N(Cc3cccnc3)C[C@@H]3CCC(=O)N3)cc2)n1. The maximum atomic E-state index is 13.3. The van der Waals surface area contributed by atoms with Gasteiger partial charge < -0.3 is 10.2 Å². The Morgan fingerprint density at radius 2 is 2.00 bits per heavy atom. The first-order valence-corrected chi connectivity index (χ1v) is 10.6. The Kier molecular flexibility index (Phi) is 6.11. The number of carbonyl (C=O) groups is 2. The molecule has 160 valence electrons. The van der Waals surface area contributed by atoms with Crippen LogP contribution in [0.4, 0.5) is 0 Å². The van der Waals surface area contributed by atoms with Crippen molar-refractivity contribution in [3.8, 4) is 0 Å². The van der Waals surface area contributed by atoms with Crippen LogP contribution >= 0.6 is 0 Å². The lowest BCUT2D eigenvalue weighted by molar-refractivity contribution is -0.119. The number of carbonyl (C=O) groups excluding carboxylic acids is 2. The smallest absolute Gasteiger partial charge is 0.254 e. The van der Waals surface area contributed by atoms with E-state index in [-0.39, 0.29) is 17.9 Å². The molecule has 3 aromatic rings.